The van der Waals surface area contributed by atoms with Gasteiger partial charge in [0.05, 0.1) is 5.52 Å². The molecule has 1 atom stereocenters. The summed E-state index contributed by atoms with van der Waals surface area (Å²) in [6.07, 6.45) is -1.09. The van der Waals surface area contributed by atoms with E-state index in [4.69, 9.17) is 9.15 Å². The first-order valence-electron chi connectivity index (χ1n) is 8.54. The minimum Gasteiger partial charge on any atom is -0.478 e. The van der Waals surface area contributed by atoms with Crippen molar-refractivity contribution in [3.8, 4) is 5.75 Å². The fraction of sp³-hybridized carbons (Fsp3) is 0.211. The highest BCUT2D eigenvalue weighted by Gasteiger charge is 2.17. The molecule has 146 valence electrons. The van der Waals surface area contributed by atoms with Crippen molar-refractivity contribution < 1.29 is 23.1 Å². The second-order valence-electron chi connectivity index (χ2n) is 5.97. The maximum atomic E-state index is 13.5. The molecule has 8 nitrogen and oxygen atoms in total. The zero-order chi connectivity index (χ0) is 20.1. The van der Waals surface area contributed by atoms with Crippen LogP contribution in [0.15, 0.2) is 57.7 Å². The molecule has 0 aliphatic heterocycles. The number of hydrogen-bond donors (Lipinski definition) is 2. The van der Waals surface area contributed by atoms with Gasteiger partial charge in [0.15, 0.2) is 23.3 Å². The summed E-state index contributed by atoms with van der Waals surface area (Å²) in [6, 6.07) is 12.5. The van der Waals surface area contributed by atoms with Gasteiger partial charge in [0.2, 0.25) is 5.91 Å². The summed E-state index contributed by atoms with van der Waals surface area (Å²) >= 11 is 0. The van der Waals surface area contributed by atoms with Crippen molar-refractivity contribution in [1.29, 1.82) is 0 Å². The number of oxazole rings is 1. The van der Waals surface area contributed by atoms with Crippen molar-refractivity contribution in [3.63, 3.8) is 0 Å². The maximum Gasteiger partial charge on any atom is 0.419 e. The Morgan fingerprint density at radius 3 is 2.64 bits per heavy atom. The highest BCUT2D eigenvalue weighted by atomic mass is 19.1. The van der Waals surface area contributed by atoms with Crippen molar-refractivity contribution in [2.24, 2.45) is 0 Å². The number of nitrogens with zero attached hydrogens (tertiary/aromatic N) is 1. The van der Waals surface area contributed by atoms with Crippen molar-refractivity contribution >= 4 is 22.9 Å². The average Bonchev–Trinajstić information content (AvgIpc) is 3.01. The van der Waals surface area contributed by atoms with Crippen LogP contribution in [0.4, 0.5) is 4.39 Å². The van der Waals surface area contributed by atoms with Gasteiger partial charge < -0.3 is 9.15 Å². The molecule has 0 bridgehead atoms. The highest BCUT2D eigenvalue weighted by Crippen LogP contribution is 2.17. The number of ether oxygens (including phenoxy) is 1. The second-order valence-corrected chi connectivity index (χ2v) is 5.97. The molecule has 0 aliphatic carbocycles. The lowest BCUT2D eigenvalue weighted by Gasteiger charge is -2.15. The number of nitrogens with one attached hydrogen (secondary N) is 2. The predicted octanol–water partition coefficient (Wildman–Crippen LogP) is 1.74. The normalized spacial score (nSPS) is 11.8. The zero-order valence-corrected chi connectivity index (χ0v) is 15.0. The lowest BCUT2D eigenvalue weighted by molar-refractivity contribution is -0.132. The van der Waals surface area contributed by atoms with Crippen molar-refractivity contribution in [3.05, 3.63) is 64.9 Å². The number of amides is 2. The molecular formula is C19H18FN3O5. The van der Waals surface area contributed by atoms with E-state index in [0.29, 0.717) is 11.1 Å². The molecule has 0 spiro atoms. The summed E-state index contributed by atoms with van der Waals surface area (Å²) in [5.41, 5.74) is 5.45. The number of carbonyl (C=O) groups excluding carboxylic acids is 2. The smallest absolute Gasteiger partial charge is 0.419 e. The first-order chi connectivity index (χ1) is 13.5. The third-order valence-electron chi connectivity index (χ3n) is 3.97. The molecule has 2 N–H and O–H groups in total. The molecule has 2 amide bonds. The van der Waals surface area contributed by atoms with E-state index in [1.165, 1.54) is 29.7 Å². The fourth-order valence-corrected chi connectivity index (χ4v) is 2.52. The number of halogens is 1. The largest absolute Gasteiger partial charge is 0.478 e. The SMILES string of the molecule is C[C@@H](Oc1ccccc1F)C(=O)NNC(=O)CCn1c(=O)oc2ccccc21. The van der Waals surface area contributed by atoms with Gasteiger partial charge in [0.1, 0.15) is 0 Å². The van der Waals surface area contributed by atoms with Crippen molar-refractivity contribution in [2.75, 3.05) is 0 Å². The molecular weight excluding hydrogens is 369 g/mol. The van der Waals surface area contributed by atoms with Crippen LogP contribution in [0.5, 0.6) is 5.75 Å². The number of para-hydroxylation sites is 3. The molecule has 3 aromatic rings. The Labute approximate surface area is 158 Å². The molecule has 0 saturated heterocycles. The van der Waals surface area contributed by atoms with Crippen LogP contribution < -0.4 is 21.3 Å². The van der Waals surface area contributed by atoms with Crippen LogP contribution in [-0.4, -0.2) is 22.5 Å². The summed E-state index contributed by atoms with van der Waals surface area (Å²) in [5, 5.41) is 0. The third-order valence-corrected chi connectivity index (χ3v) is 3.97. The standard InChI is InChI=1S/C19H18FN3O5/c1-12(27-15-8-4-2-6-13(15)20)18(25)22-21-17(24)10-11-23-14-7-3-5-9-16(14)28-19(23)26/h2-9,12H,10-11H2,1H3,(H,21,24)(H,22,25)/t12-/m1/s1. The van der Waals surface area contributed by atoms with Crippen LogP contribution in [0.3, 0.4) is 0 Å². The van der Waals surface area contributed by atoms with Gasteiger partial charge in [-0.25, -0.2) is 9.18 Å². The Morgan fingerprint density at radius 2 is 1.86 bits per heavy atom. The van der Waals surface area contributed by atoms with Crippen LogP contribution in [0.1, 0.15) is 13.3 Å². The molecule has 28 heavy (non-hydrogen) atoms. The molecule has 2 aromatic carbocycles. The van der Waals surface area contributed by atoms with Gasteiger partial charge >= 0.3 is 5.76 Å². The number of hydrazine groups is 1. The van der Waals surface area contributed by atoms with E-state index in [-0.39, 0.29) is 18.7 Å². The van der Waals surface area contributed by atoms with E-state index in [9.17, 15) is 18.8 Å². The Morgan fingerprint density at radius 1 is 1.14 bits per heavy atom. The zero-order valence-electron chi connectivity index (χ0n) is 15.0. The van der Waals surface area contributed by atoms with Gasteiger partial charge in [-0.05, 0) is 31.2 Å². The summed E-state index contributed by atoms with van der Waals surface area (Å²) in [4.78, 5) is 35.8. The van der Waals surface area contributed by atoms with Crippen molar-refractivity contribution in [2.45, 2.75) is 26.0 Å². The van der Waals surface area contributed by atoms with Crippen LogP contribution in [0, 0.1) is 5.82 Å². The number of hydrogen-bond acceptors (Lipinski definition) is 5. The summed E-state index contributed by atoms with van der Waals surface area (Å²) in [5.74, 6) is -2.39. The summed E-state index contributed by atoms with van der Waals surface area (Å²) in [7, 11) is 0. The first kappa shape index (κ1) is 19.2. The molecule has 1 aromatic heterocycles. The number of aryl methyl sites for hydroxylation is 1. The fourth-order valence-electron chi connectivity index (χ4n) is 2.52. The Balaban J connectivity index is 1.50. The minimum absolute atomic E-state index is 0.0632. The molecule has 0 fully saturated rings. The monoisotopic (exact) mass is 387 g/mol. The summed E-state index contributed by atoms with van der Waals surface area (Å²) in [6.45, 7) is 1.50. The van der Waals surface area contributed by atoms with Crippen molar-refractivity contribution in [1.82, 2.24) is 15.4 Å². The van der Waals surface area contributed by atoms with Gasteiger partial charge in [-0.2, -0.15) is 0 Å². The van der Waals surface area contributed by atoms with E-state index in [0.717, 1.165) is 0 Å². The van der Waals surface area contributed by atoms with Crippen LogP contribution in [0.2, 0.25) is 0 Å². The number of benzene rings is 2. The topological polar surface area (TPSA) is 103 Å². The lowest BCUT2D eigenvalue weighted by Crippen LogP contribution is -2.47. The molecule has 9 heteroatoms. The van der Waals surface area contributed by atoms with E-state index < -0.39 is 29.5 Å². The van der Waals surface area contributed by atoms with Crippen LogP contribution in [-0.2, 0) is 16.1 Å². The molecule has 3 rings (SSSR count). The molecule has 1 heterocycles. The molecule has 0 radical (unpaired) electrons. The van der Waals surface area contributed by atoms with E-state index in [1.807, 2.05) is 0 Å². The van der Waals surface area contributed by atoms with Gasteiger partial charge in [0.25, 0.3) is 5.91 Å². The number of aromatic nitrogens is 1. The number of fused-ring (bicyclic) bond motifs is 1. The van der Waals surface area contributed by atoms with Gasteiger partial charge in [0, 0.05) is 13.0 Å². The molecule has 0 unspecified atom stereocenters. The number of carbonyl (C=O) groups is 2. The lowest BCUT2D eigenvalue weighted by atomic mass is 10.3. The average molecular weight is 387 g/mol. The Kier molecular flexibility index (Phi) is 5.73. The van der Waals surface area contributed by atoms with Crippen LogP contribution >= 0.6 is 0 Å². The quantitative estimate of drug-likeness (QED) is 0.627. The second kappa shape index (κ2) is 8.38. The van der Waals surface area contributed by atoms with Gasteiger partial charge in [-0.3, -0.25) is 25.0 Å². The first-order valence-corrected chi connectivity index (χ1v) is 8.54. The van der Waals surface area contributed by atoms with Crippen LogP contribution in [0.25, 0.3) is 11.1 Å². The third kappa shape index (κ3) is 4.37. The van der Waals surface area contributed by atoms with Gasteiger partial charge in [-0.1, -0.05) is 24.3 Å². The Bertz CT molecular complexity index is 1060. The molecule has 0 saturated carbocycles. The van der Waals surface area contributed by atoms with E-state index in [1.54, 1.807) is 30.3 Å². The number of rotatable bonds is 6. The van der Waals surface area contributed by atoms with E-state index >= 15 is 0 Å². The molecule has 0 aliphatic rings. The minimum atomic E-state index is -1.03. The maximum absolute atomic E-state index is 13.5. The van der Waals surface area contributed by atoms with Gasteiger partial charge in [-0.15, -0.1) is 0 Å². The van der Waals surface area contributed by atoms with E-state index in [2.05, 4.69) is 10.9 Å². The summed E-state index contributed by atoms with van der Waals surface area (Å²) < 4.78 is 25.2. The highest BCUT2D eigenvalue weighted by molar-refractivity contribution is 5.84. The predicted molar refractivity (Wildman–Crippen MR) is 97.9 cm³/mol. The Hall–Kier alpha value is -3.62.